The van der Waals surface area contributed by atoms with Crippen molar-refractivity contribution >= 4 is 0 Å². The lowest BCUT2D eigenvalue weighted by atomic mass is 10.0. The molecule has 0 bridgehead atoms. The maximum absolute atomic E-state index is 9.86. The van der Waals surface area contributed by atoms with Gasteiger partial charge in [-0.2, -0.15) is 0 Å². The summed E-state index contributed by atoms with van der Waals surface area (Å²) >= 11 is 0. The van der Waals surface area contributed by atoms with Crippen LogP contribution in [0.15, 0.2) is 12.7 Å². The lowest BCUT2D eigenvalue weighted by molar-refractivity contribution is -0.134. The van der Waals surface area contributed by atoms with Crippen molar-refractivity contribution in [2.45, 2.75) is 102 Å². The van der Waals surface area contributed by atoms with Gasteiger partial charge in [-0.1, -0.05) is 64.4 Å². The van der Waals surface area contributed by atoms with E-state index in [1.165, 1.54) is 44.9 Å². The number of rotatable bonds is 15. The topological polar surface area (TPSA) is 47.9 Å². The van der Waals surface area contributed by atoms with Crippen molar-refractivity contribution in [1.29, 1.82) is 0 Å². The minimum atomic E-state index is -0.582. The molecule has 1 saturated heterocycles. The Morgan fingerprint density at radius 3 is 2.33 bits per heavy atom. The van der Waals surface area contributed by atoms with Crippen LogP contribution in [-0.4, -0.2) is 43.4 Å². The molecule has 0 aromatic carbocycles. The molecule has 4 nitrogen and oxygen atoms in total. The number of hydrogen-bond donors (Lipinski definition) is 1. The Hall–Kier alpha value is -0.420. The predicted molar refractivity (Wildman–Crippen MR) is 98.1 cm³/mol. The molecule has 4 atom stereocenters. The zero-order chi connectivity index (χ0) is 17.6. The SMILES string of the molecule is C=C[C@@H](O)[C@H]1CC[C@H]([C@@H](CCCCCCCCCC)OCOC)O1. The Labute approximate surface area is 148 Å². The van der Waals surface area contributed by atoms with Gasteiger partial charge < -0.3 is 19.3 Å². The zero-order valence-electron chi connectivity index (χ0n) is 15.8. The van der Waals surface area contributed by atoms with E-state index in [9.17, 15) is 5.11 Å². The van der Waals surface area contributed by atoms with Gasteiger partial charge in [0.15, 0.2) is 0 Å². The lowest BCUT2D eigenvalue weighted by Crippen LogP contribution is -2.32. The van der Waals surface area contributed by atoms with Crippen molar-refractivity contribution in [3.05, 3.63) is 12.7 Å². The van der Waals surface area contributed by atoms with Gasteiger partial charge in [-0.3, -0.25) is 0 Å². The maximum atomic E-state index is 9.86. The van der Waals surface area contributed by atoms with Gasteiger partial charge in [0, 0.05) is 7.11 Å². The van der Waals surface area contributed by atoms with Gasteiger partial charge in [0.1, 0.15) is 6.79 Å². The van der Waals surface area contributed by atoms with E-state index in [0.717, 1.165) is 25.7 Å². The number of unbranched alkanes of at least 4 members (excludes halogenated alkanes) is 7. The van der Waals surface area contributed by atoms with Crippen LogP contribution < -0.4 is 0 Å². The molecule has 1 heterocycles. The van der Waals surface area contributed by atoms with E-state index < -0.39 is 6.10 Å². The highest BCUT2D eigenvalue weighted by molar-refractivity contribution is 4.91. The van der Waals surface area contributed by atoms with Crippen LogP contribution in [-0.2, 0) is 14.2 Å². The molecular weight excluding hydrogens is 304 g/mol. The van der Waals surface area contributed by atoms with Crippen LogP contribution >= 0.6 is 0 Å². The molecule has 0 unspecified atom stereocenters. The third-order valence-electron chi connectivity index (χ3n) is 4.86. The quantitative estimate of drug-likeness (QED) is 0.268. The number of aliphatic hydroxyl groups excluding tert-OH is 1. The molecule has 0 aliphatic carbocycles. The molecule has 1 rings (SSSR count). The standard InChI is InChI=1S/C20H38O4/c1-4-6-7-8-9-10-11-12-13-19(23-16-22-3)20-15-14-18(24-20)17(21)5-2/h5,17-21H,2,4,6-16H2,1,3H3/t17-,18-,19-,20-/m1/s1. The first-order valence-corrected chi connectivity index (χ1v) is 9.79. The van der Waals surface area contributed by atoms with Crippen molar-refractivity contribution in [2.75, 3.05) is 13.9 Å². The van der Waals surface area contributed by atoms with E-state index in [2.05, 4.69) is 13.5 Å². The number of aliphatic hydroxyl groups is 1. The number of ether oxygens (including phenoxy) is 3. The Bertz CT molecular complexity index is 308. The highest BCUT2D eigenvalue weighted by atomic mass is 16.7. The molecule has 4 heteroatoms. The molecule has 0 radical (unpaired) electrons. The van der Waals surface area contributed by atoms with E-state index in [-0.39, 0.29) is 18.3 Å². The van der Waals surface area contributed by atoms with Crippen molar-refractivity contribution in [1.82, 2.24) is 0 Å². The third-order valence-corrected chi connectivity index (χ3v) is 4.86. The summed E-state index contributed by atoms with van der Waals surface area (Å²) in [6.45, 7) is 6.20. The molecule has 1 N–H and O–H groups in total. The van der Waals surface area contributed by atoms with Gasteiger partial charge in [0.2, 0.25) is 0 Å². The summed E-state index contributed by atoms with van der Waals surface area (Å²) < 4.78 is 16.9. The minimum Gasteiger partial charge on any atom is -0.386 e. The Morgan fingerprint density at radius 2 is 1.71 bits per heavy atom. The van der Waals surface area contributed by atoms with Gasteiger partial charge >= 0.3 is 0 Å². The zero-order valence-corrected chi connectivity index (χ0v) is 15.8. The number of methoxy groups -OCH3 is 1. The normalized spacial score (nSPS) is 23.3. The van der Waals surface area contributed by atoms with E-state index in [1.807, 2.05) is 0 Å². The van der Waals surface area contributed by atoms with Crippen LogP contribution in [0.4, 0.5) is 0 Å². The molecule has 0 aromatic heterocycles. The van der Waals surface area contributed by atoms with Crippen LogP contribution in [0, 0.1) is 0 Å². The summed E-state index contributed by atoms with van der Waals surface area (Å²) in [4.78, 5) is 0. The summed E-state index contributed by atoms with van der Waals surface area (Å²) in [5.41, 5.74) is 0. The molecule has 0 amide bonds. The smallest absolute Gasteiger partial charge is 0.146 e. The fourth-order valence-corrected chi connectivity index (χ4v) is 3.38. The van der Waals surface area contributed by atoms with Gasteiger partial charge in [0.05, 0.1) is 24.4 Å². The van der Waals surface area contributed by atoms with Gasteiger partial charge in [-0.15, -0.1) is 6.58 Å². The average Bonchev–Trinajstić information content (AvgIpc) is 3.09. The molecule has 0 aromatic rings. The lowest BCUT2D eigenvalue weighted by Gasteiger charge is -2.25. The van der Waals surface area contributed by atoms with Crippen LogP contribution in [0.25, 0.3) is 0 Å². The second-order valence-corrected chi connectivity index (χ2v) is 6.89. The van der Waals surface area contributed by atoms with Gasteiger partial charge in [0.25, 0.3) is 0 Å². The first-order chi connectivity index (χ1) is 11.7. The van der Waals surface area contributed by atoms with Crippen LogP contribution in [0.3, 0.4) is 0 Å². The second-order valence-electron chi connectivity index (χ2n) is 6.89. The molecular formula is C20H38O4. The number of hydrogen-bond acceptors (Lipinski definition) is 4. The Balaban J connectivity index is 2.23. The average molecular weight is 343 g/mol. The monoisotopic (exact) mass is 342 g/mol. The summed E-state index contributed by atoms with van der Waals surface area (Å²) in [7, 11) is 1.65. The van der Waals surface area contributed by atoms with Crippen molar-refractivity contribution in [3.8, 4) is 0 Å². The van der Waals surface area contributed by atoms with E-state index in [4.69, 9.17) is 14.2 Å². The Kier molecular flexibility index (Phi) is 12.5. The minimum absolute atomic E-state index is 0.0595. The van der Waals surface area contributed by atoms with E-state index in [1.54, 1.807) is 13.2 Å². The van der Waals surface area contributed by atoms with Crippen molar-refractivity contribution in [2.24, 2.45) is 0 Å². The predicted octanol–water partition coefficient (Wildman–Crippen LogP) is 4.60. The Morgan fingerprint density at radius 1 is 1.08 bits per heavy atom. The van der Waals surface area contributed by atoms with Gasteiger partial charge in [-0.05, 0) is 19.3 Å². The molecule has 1 aliphatic heterocycles. The van der Waals surface area contributed by atoms with Gasteiger partial charge in [-0.25, -0.2) is 0 Å². The van der Waals surface area contributed by atoms with Crippen LogP contribution in [0.5, 0.6) is 0 Å². The van der Waals surface area contributed by atoms with Crippen LogP contribution in [0.2, 0.25) is 0 Å². The second kappa shape index (κ2) is 13.8. The molecule has 142 valence electrons. The molecule has 0 saturated carbocycles. The van der Waals surface area contributed by atoms with Crippen LogP contribution in [0.1, 0.15) is 77.6 Å². The first-order valence-electron chi connectivity index (χ1n) is 9.79. The highest BCUT2D eigenvalue weighted by Crippen LogP contribution is 2.28. The fourth-order valence-electron chi connectivity index (χ4n) is 3.38. The summed E-state index contributed by atoms with van der Waals surface area (Å²) in [6.07, 6.45) is 14.2. The molecule has 0 spiro atoms. The molecule has 1 fully saturated rings. The van der Waals surface area contributed by atoms with Crippen molar-refractivity contribution in [3.63, 3.8) is 0 Å². The van der Waals surface area contributed by atoms with E-state index in [0.29, 0.717) is 6.79 Å². The summed E-state index contributed by atoms with van der Waals surface area (Å²) in [5.74, 6) is 0. The maximum Gasteiger partial charge on any atom is 0.146 e. The molecule has 1 aliphatic rings. The van der Waals surface area contributed by atoms with E-state index >= 15 is 0 Å². The largest absolute Gasteiger partial charge is 0.386 e. The highest BCUT2D eigenvalue weighted by Gasteiger charge is 2.34. The summed E-state index contributed by atoms with van der Waals surface area (Å²) in [5, 5.41) is 9.86. The third kappa shape index (κ3) is 8.61. The van der Waals surface area contributed by atoms with Crippen molar-refractivity contribution < 1.29 is 19.3 Å². The first kappa shape index (κ1) is 21.6. The fraction of sp³-hybridized carbons (Fsp3) is 0.900. The molecule has 24 heavy (non-hydrogen) atoms. The summed E-state index contributed by atoms with van der Waals surface area (Å²) in [6, 6.07) is 0.